The van der Waals surface area contributed by atoms with Gasteiger partial charge in [-0.3, -0.25) is 4.79 Å². The van der Waals surface area contributed by atoms with Gasteiger partial charge >= 0.3 is 0 Å². The van der Waals surface area contributed by atoms with E-state index >= 15 is 0 Å². The second kappa shape index (κ2) is 8.30. The van der Waals surface area contributed by atoms with Gasteiger partial charge in [0.25, 0.3) is 0 Å². The van der Waals surface area contributed by atoms with Crippen LogP contribution in [0.5, 0.6) is 0 Å². The summed E-state index contributed by atoms with van der Waals surface area (Å²) in [5, 5.41) is 3.42. The summed E-state index contributed by atoms with van der Waals surface area (Å²) in [6.45, 7) is 4.39. The van der Waals surface area contributed by atoms with Crippen LogP contribution in [-0.2, 0) is 4.79 Å². The molecule has 1 aliphatic carbocycles. The number of rotatable bonds is 7. The van der Waals surface area contributed by atoms with Gasteiger partial charge in [0, 0.05) is 32.3 Å². The van der Waals surface area contributed by atoms with E-state index in [0.29, 0.717) is 11.7 Å². The molecule has 0 saturated heterocycles. The molecule has 1 saturated carbocycles. The van der Waals surface area contributed by atoms with Crippen molar-refractivity contribution in [2.45, 2.75) is 45.4 Å². The van der Waals surface area contributed by atoms with Gasteiger partial charge < -0.3 is 10.2 Å². The van der Waals surface area contributed by atoms with E-state index in [1.165, 1.54) is 25.7 Å². The van der Waals surface area contributed by atoms with E-state index in [0.717, 1.165) is 31.5 Å². The van der Waals surface area contributed by atoms with Crippen LogP contribution in [0.1, 0.15) is 45.4 Å². The first-order chi connectivity index (χ1) is 8.63. The Morgan fingerprint density at radius 3 is 2.78 bits per heavy atom. The molecule has 3 nitrogen and oxygen atoms in total. The lowest BCUT2D eigenvalue weighted by Gasteiger charge is -2.23. The molecule has 18 heavy (non-hydrogen) atoms. The minimum absolute atomic E-state index is 0.362. The van der Waals surface area contributed by atoms with Gasteiger partial charge in [0.05, 0.1) is 0 Å². The summed E-state index contributed by atoms with van der Waals surface area (Å²) in [4.78, 5) is 13.9. The van der Waals surface area contributed by atoms with Crippen LogP contribution in [0, 0.1) is 5.92 Å². The Morgan fingerprint density at radius 2 is 2.17 bits per heavy atom. The van der Waals surface area contributed by atoms with Gasteiger partial charge in [0.15, 0.2) is 5.78 Å². The fourth-order valence-electron chi connectivity index (χ4n) is 2.51. The number of ketones is 1. The van der Waals surface area contributed by atoms with Gasteiger partial charge in [-0.15, -0.1) is 0 Å². The van der Waals surface area contributed by atoms with Crippen molar-refractivity contribution in [1.29, 1.82) is 0 Å². The van der Waals surface area contributed by atoms with E-state index in [2.05, 4.69) is 12.2 Å². The molecule has 0 aromatic heterocycles. The number of hydrogen-bond donors (Lipinski definition) is 1. The van der Waals surface area contributed by atoms with Crippen molar-refractivity contribution in [3.8, 4) is 0 Å². The molecule has 1 unspecified atom stereocenters. The zero-order valence-corrected chi connectivity index (χ0v) is 12.2. The number of nitrogens with zero attached hydrogens (tertiary/aromatic N) is 1. The quantitative estimate of drug-likeness (QED) is 0.558. The first kappa shape index (κ1) is 15.2. The van der Waals surface area contributed by atoms with E-state index in [1.54, 1.807) is 0 Å². The number of hydrogen-bond acceptors (Lipinski definition) is 3. The molecular formula is C15H28N2O. The third-order valence-corrected chi connectivity index (χ3v) is 3.46. The van der Waals surface area contributed by atoms with Crippen LogP contribution in [-0.4, -0.2) is 37.9 Å². The third-order valence-electron chi connectivity index (χ3n) is 3.46. The predicted octanol–water partition coefficient (Wildman–Crippen LogP) is 2.58. The van der Waals surface area contributed by atoms with E-state index in [-0.39, 0.29) is 0 Å². The fourth-order valence-corrected chi connectivity index (χ4v) is 2.51. The average Bonchev–Trinajstić information content (AvgIpc) is 2.32. The van der Waals surface area contributed by atoms with Crippen LogP contribution in [0.2, 0.25) is 0 Å². The maximum atomic E-state index is 12.0. The summed E-state index contributed by atoms with van der Waals surface area (Å²) < 4.78 is 0. The molecule has 3 heteroatoms. The summed E-state index contributed by atoms with van der Waals surface area (Å²) in [5.74, 6) is 0.974. The maximum absolute atomic E-state index is 12.0. The van der Waals surface area contributed by atoms with Gasteiger partial charge in [-0.1, -0.05) is 6.92 Å². The van der Waals surface area contributed by atoms with Crippen LogP contribution < -0.4 is 5.32 Å². The molecule has 1 rings (SSSR count). The van der Waals surface area contributed by atoms with Crippen molar-refractivity contribution in [2.75, 3.05) is 27.2 Å². The molecule has 0 aromatic carbocycles. The number of allylic oxidation sites excluding steroid dienone is 1. The second-order valence-electron chi connectivity index (χ2n) is 5.54. The number of carbonyl (C=O) groups is 1. The Hall–Kier alpha value is -0.830. The zero-order valence-electron chi connectivity index (χ0n) is 12.2. The van der Waals surface area contributed by atoms with Crippen LogP contribution in [0.4, 0.5) is 0 Å². The highest BCUT2D eigenvalue weighted by atomic mass is 16.1. The van der Waals surface area contributed by atoms with E-state index in [1.807, 2.05) is 25.2 Å². The van der Waals surface area contributed by atoms with Gasteiger partial charge in [0.2, 0.25) is 0 Å². The Bertz CT molecular complexity index is 284. The summed E-state index contributed by atoms with van der Waals surface area (Å²) in [6, 6.07) is 0. The molecular weight excluding hydrogens is 224 g/mol. The summed E-state index contributed by atoms with van der Waals surface area (Å²) >= 11 is 0. The van der Waals surface area contributed by atoms with E-state index in [4.69, 9.17) is 0 Å². The Morgan fingerprint density at radius 1 is 1.39 bits per heavy atom. The highest BCUT2D eigenvalue weighted by molar-refractivity contribution is 5.96. The van der Waals surface area contributed by atoms with Gasteiger partial charge in [-0.25, -0.2) is 0 Å². The second-order valence-corrected chi connectivity index (χ2v) is 5.54. The first-order valence-corrected chi connectivity index (χ1v) is 7.24. The van der Waals surface area contributed by atoms with Gasteiger partial charge in [0.1, 0.15) is 0 Å². The smallest absolute Gasteiger partial charge is 0.160 e. The van der Waals surface area contributed by atoms with Crippen molar-refractivity contribution in [2.24, 2.45) is 5.92 Å². The van der Waals surface area contributed by atoms with E-state index < -0.39 is 0 Å². The standard InChI is InChI=1S/C15H28N2O/c1-4-9-16-10-5-6-13-7-8-14(12-17(2)3)15(18)11-13/h12-13,16H,4-11H2,1-3H3/b14-12+. The largest absolute Gasteiger partial charge is 0.383 e. The minimum atomic E-state index is 0.362. The van der Waals surface area contributed by atoms with Crippen LogP contribution in [0.3, 0.4) is 0 Å². The Kier molecular flexibility index (Phi) is 7.02. The van der Waals surface area contributed by atoms with Crippen molar-refractivity contribution in [1.82, 2.24) is 10.2 Å². The molecule has 0 aromatic rings. The van der Waals surface area contributed by atoms with Crippen LogP contribution >= 0.6 is 0 Å². The molecule has 0 amide bonds. The Balaban J connectivity index is 2.22. The zero-order chi connectivity index (χ0) is 13.4. The van der Waals surface area contributed by atoms with Crippen molar-refractivity contribution in [3.05, 3.63) is 11.8 Å². The topological polar surface area (TPSA) is 32.3 Å². The first-order valence-electron chi connectivity index (χ1n) is 7.24. The predicted molar refractivity (Wildman–Crippen MR) is 76.5 cm³/mol. The molecule has 1 fully saturated rings. The molecule has 0 bridgehead atoms. The molecule has 1 aliphatic rings. The molecule has 104 valence electrons. The molecule has 0 heterocycles. The molecule has 1 N–H and O–H groups in total. The van der Waals surface area contributed by atoms with Crippen molar-refractivity contribution < 1.29 is 4.79 Å². The lowest BCUT2D eigenvalue weighted by molar-refractivity contribution is -0.117. The highest BCUT2D eigenvalue weighted by Gasteiger charge is 2.23. The monoisotopic (exact) mass is 252 g/mol. The van der Waals surface area contributed by atoms with Gasteiger partial charge in [-0.2, -0.15) is 0 Å². The summed E-state index contributed by atoms with van der Waals surface area (Å²) in [6.07, 6.45) is 8.47. The molecule has 0 aliphatic heterocycles. The summed E-state index contributed by atoms with van der Waals surface area (Å²) in [7, 11) is 3.96. The van der Waals surface area contributed by atoms with Crippen molar-refractivity contribution >= 4 is 5.78 Å². The maximum Gasteiger partial charge on any atom is 0.160 e. The lowest BCUT2D eigenvalue weighted by Crippen LogP contribution is -2.21. The minimum Gasteiger partial charge on any atom is -0.383 e. The summed E-state index contributed by atoms with van der Waals surface area (Å²) in [5.41, 5.74) is 1.01. The van der Waals surface area contributed by atoms with Crippen LogP contribution in [0.25, 0.3) is 0 Å². The third kappa shape index (κ3) is 5.67. The molecule has 0 radical (unpaired) electrons. The highest BCUT2D eigenvalue weighted by Crippen LogP contribution is 2.28. The Labute approximate surface area is 112 Å². The molecule has 1 atom stereocenters. The van der Waals surface area contributed by atoms with Crippen LogP contribution in [0.15, 0.2) is 11.8 Å². The van der Waals surface area contributed by atoms with E-state index in [9.17, 15) is 4.79 Å². The molecule has 0 spiro atoms. The van der Waals surface area contributed by atoms with Gasteiger partial charge in [-0.05, 0) is 51.1 Å². The SMILES string of the molecule is CCCNCCCC1CC/C(=C\N(C)C)C(=O)C1. The normalized spacial score (nSPS) is 22.5. The number of nitrogens with one attached hydrogen (secondary N) is 1. The lowest BCUT2D eigenvalue weighted by atomic mass is 9.82. The number of Topliss-reactive ketones (excluding diaryl/α,β-unsaturated/α-hetero) is 1. The average molecular weight is 252 g/mol. The number of carbonyl (C=O) groups excluding carboxylic acids is 1. The van der Waals surface area contributed by atoms with Crippen molar-refractivity contribution in [3.63, 3.8) is 0 Å². The fraction of sp³-hybridized carbons (Fsp3) is 0.800.